The normalized spacial score (nSPS) is 14.5. The number of hydrogen-bond acceptors (Lipinski definition) is 15. The number of aliphatic carboxylic acids is 4. The van der Waals surface area contributed by atoms with E-state index in [4.69, 9.17) is 38.9 Å². The van der Waals surface area contributed by atoms with Crippen LogP contribution in [0.5, 0.6) is 0 Å². The van der Waals surface area contributed by atoms with Gasteiger partial charge in [0.05, 0.1) is 6.04 Å². The SMILES string of the molecule is CC(C)C[C@H](NC(=O)[C@H](CCCN=C(N)N)NC(=O)[C@H](CCCN=C(N)N)NC(=O)[C@H](C)NC(=O)[C@H](CCC(=O)O)NC(=O)[C@H](C)NC(=O)[C@@H](N)CCC(=O)O)C(=O)N[C@@H](C)C(=O)N[C@@H](CCC(=O)O)C(=O)O. The Kier molecular flexibility index (Phi) is 30.0. The van der Waals surface area contributed by atoms with E-state index in [1.54, 1.807) is 13.8 Å². The van der Waals surface area contributed by atoms with E-state index < -0.39 is 158 Å². The molecule has 0 rings (SSSR count). The molecule has 0 radical (unpaired) electrons. The number of rotatable bonds is 36. The number of carboxylic acids is 4. The molecule has 0 aromatic heterocycles. The largest absolute Gasteiger partial charge is 0.481 e. The van der Waals surface area contributed by atoms with Gasteiger partial charge in [-0.25, -0.2) is 4.79 Å². The van der Waals surface area contributed by atoms with Crippen molar-refractivity contribution in [2.45, 2.75) is 160 Å². The highest BCUT2D eigenvalue weighted by molar-refractivity contribution is 5.98. The van der Waals surface area contributed by atoms with Gasteiger partial charge in [0.1, 0.15) is 48.3 Å². The molecule has 0 aromatic rings. The molecule has 0 aliphatic rings. The van der Waals surface area contributed by atoms with Crippen LogP contribution in [0.3, 0.4) is 0 Å². The number of nitrogens with one attached hydrogen (secondary N) is 8. The highest BCUT2D eigenvalue weighted by Gasteiger charge is 2.34. The van der Waals surface area contributed by atoms with Crippen LogP contribution in [0.2, 0.25) is 0 Å². The second-order valence-corrected chi connectivity index (χ2v) is 17.3. The first-order valence-corrected chi connectivity index (χ1v) is 23.1. The van der Waals surface area contributed by atoms with Crippen molar-refractivity contribution in [1.82, 2.24) is 42.5 Å². The Balaban J connectivity index is 6.52. The number of carbonyl (C=O) groups excluding carboxylic acids is 8. The average molecular weight is 1040 g/mol. The Labute approximate surface area is 420 Å². The highest BCUT2D eigenvalue weighted by atomic mass is 16.4. The summed E-state index contributed by atoms with van der Waals surface area (Å²) in [6.07, 6.45) is -3.01. The molecule has 31 heteroatoms. The van der Waals surface area contributed by atoms with E-state index in [1.165, 1.54) is 20.8 Å². The molecule has 9 atom stereocenters. The number of nitrogens with two attached hydrogens (primary N) is 5. The molecule has 0 spiro atoms. The van der Waals surface area contributed by atoms with Gasteiger partial charge in [0, 0.05) is 32.4 Å². The van der Waals surface area contributed by atoms with Gasteiger partial charge in [0.2, 0.25) is 47.3 Å². The maximum atomic E-state index is 14.1. The van der Waals surface area contributed by atoms with E-state index in [0.29, 0.717) is 0 Å². The summed E-state index contributed by atoms with van der Waals surface area (Å²) >= 11 is 0. The van der Waals surface area contributed by atoms with Crippen molar-refractivity contribution in [1.29, 1.82) is 0 Å². The van der Waals surface area contributed by atoms with Crippen molar-refractivity contribution in [2.75, 3.05) is 13.1 Å². The molecule has 0 bridgehead atoms. The van der Waals surface area contributed by atoms with Crippen LogP contribution >= 0.6 is 0 Å². The van der Waals surface area contributed by atoms with Crippen LogP contribution in [-0.2, 0) is 57.5 Å². The van der Waals surface area contributed by atoms with Crippen molar-refractivity contribution >= 4 is 83.1 Å². The second-order valence-electron chi connectivity index (χ2n) is 17.3. The molecule has 22 N–H and O–H groups in total. The summed E-state index contributed by atoms with van der Waals surface area (Å²) in [6, 6.07) is -12.9. The molecule has 0 aromatic carbocycles. The standard InChI is InChI=1S/C42H73N15O16/c1-19(2)18-28(39(71)52-22(5)34(66)56-27(40(72)73)12-15-31(62)63)57-38(70)25(9-7-17-49-42(46)47)55-37(69)24(8-6-16-48-41(44)45)53-33(65)21(4)51-36(68)26(11-14-30(60)61)54-32(64)20(3)50-35(67)23(43)10-13-29(58)59/h19-28H,6-18,43H2,1-5H3,(H,50,67)(H,51,68)(H,52,71)(H,53,65)(H,54,64)(H,55,69)(H,56,66)(H,57,70)(H,58,59)(H,60,61)(H,62,63)(H,72,73)(H4,44,45,48)(H4,46,47,49)/t20-,21-,22-,23-,24-,25-,26-,27-,28-/m0/s1. The quantitative estimate of drug-likeness (QED) is 0.0158. The van der Waals surface area contributed by atoms with Gasteiger partial charge in [0.25, 0.3) is 0 Å². The molecule has 0 saturated heterocycles. The highest BCUT2D eigenvalue weighted by Crippen LogP contribution is 2.10. The minimum absolute atomic E-state index is 0.00858. The van der Waals surface area contributed by atoms with Crippen LogP contribution in [0.25, 0.3) is 0 Å². The Morgan fingerprint density at radius 3 is 1.07 bits per heavy atom. The third-order valence-electron chi connectivity index (χ3n) is 10.3. The van der Waals surface area contributed by atoms with Crippen molar-refractivity contribution in [3.05, 3.63) is 0 Å². The van der Waals surface area contributed by atoms with Crippen LogP contribution in [0, 0.1) is 5.92 Å². The Hall–Kier alpha value is -7.86. The van der Waals surface area contributed by atoms with Gasteiger partial charge in [0.15, 0.2) is 11.9 Å². The fourth-order valence-electron chi connectivity index (χ4n) is 6.30. The summed E-state index contributed by atoms with van der Waals surface area (Å²) in [5, 5.41) is 55.6. The van der Waals surface area contributed by atoms with Crippen molar-refractivity contribution < 1.29 is 78.0 Å². The zero-order chi connectivity index (χ0) is 56.1. The lowest BCUT2D eigenvalue weighted by molar-refractivity contribution is -0.143. The van der Waals surface area contributed by atoms with Crippen LogP contribution < -0.4 is 71.2 Å². The van der Waals surface area contributed by atoms with Gasteiger partial charge < -0.3 is 91.6 Å². The molecule has 0 aliphatic carbocycles. The predicted octanol–water partition coefficient (Wildman–Crippen LogP) is -5.92. The number of amides is 8. The Bertz CT molecular complexity index is 2010. The zero-order valence-corrected chi connectivity index (χ0v) is 41.4. The summed E-state index contributed by atoms with van der Waals surface area (Å²) < 4.78 is 0. The van der Waals surface area contributed by atoms with Crippen molar-refractivity contribution in [2.24, 2.45) is 44.6 Å². The maximum absolute atomic E-state index is 14.1. The minimum atomic E-state index is -1.59. The van der Waals surface area contributed by atoms with Crippen LogP contribution in [0.1, 0.15) is 105 Å². The number of nitrogens with zero attached hydrogens (tertiary/aromatic N) is 2. The van der Waals surface area contributed by atoms with Gasteiger partial charge in [-0.05, 0) is 78.1 Å². The molecule has 0 heterocycles. The molecule has 73 heavy (non-hydrogen) atoms. The lowest BCUT2D eigenvalue weighted by atomic mass is 10.0. The second kappa shape index (κ2) is 33.7. The summed E-state index contributed by atoms with van der Waals surface area (Å²) in [6.45, 7) is 7.04. The van der Waals surface area contributed by atoms with Crippen molar-refractivity contribution in [3.8, 4) is 0 Å². The third kappa shape index (κ3) is 28.5. The molecule has 0 fully saturated rings. The van der Waals surface area contributed by atoms with Gasteiger partial charge >= 0.3 is 23.9 Å². The fourth-order valence-corrected chi connectivity index (χ4v) is 6.30. The van der Waals surface area contributed by atoms with E-state index in [1.807, 2.05) is 0 Å². The smallest absolute Gasteiger partial charge is 0.326 e. The zero-order valence-electron chi connectivity index (χ0n) is 41.4. The molecule has 8 amide bonds. The maximum Gasteiger partial charge on any atom is 0.326 e. The third-order valence-corrected chi connectivity index (χ3v) is 10.3. The summed E-state index contributed by atoms with van der Waals surface area (Å²) in [5.41, 5.74) is 27.5. The molecule has 412 valence electrons. The molecule has 0 unspecified atom stereocenters. The number of aliphatic imine (C=N–C) groups is 2. The summed E-state index contributed by atoms with van der Waals surface area (Å²) in [7, 11) is 0. The van der Waals surface area contributed by atoms with E-state index in [9.17, 15) is 67.7 Å². The van der Waals surface area contributed by atoms with Gasteiger partial charge in [-0.3, -0.25) is 62.7 Å². The summed E-state index contributed by atoms with van der Waals surface area (Å²) in [4.78, 5) is 160. The van der Waals surface area contributed by atoms with Gasteiger partial charge in [-0.15, -0.1) is 0 Å². The van der Waals surface area contributed by atoms with Gasteiger partial charge in [-0.1, -0.05) is 13.8 Å². The lowest BCUT2D eigenvalue weighted by Crippen LogP contribution is -2.60. The van der Waals surface area contributed by atoms with Crippen molar-refractivity contribution in [3.63, 3.8) is 0 Å². The predicted molar refractivity (Wildman–Crippen MR) is 258 cm³/mol. The minimum Gasteiger partial charge on any atom is -0.481 e. The topological polar surface area (TPSA) is 537 Å². The number of guanidine groups is 2. The number of hydrogen-bond donors (Lipinski definition) is 17. The summed E-state index contributed by atoms with van der Waals surface area (Å²) in [5.74, 6) is -13.8. The first-order valence-electron chi connectivity index (χ1n) is 23.1. The first kappa shape index (κ1) is 65.1. The monoisotopic (exact) mass is 1040 g/mol. The molecule has 0 saturated carbocycles. The van der Waals surface area contributed by atoms with Gasteiger partial charge in [-0.2, -0.15) is 0 Å². The van der Waals surface area contributed by atoms with E-state index >= 15 is 0 Å². The fraction of sp³-hybridized carbons (Fsp3) is 0.667. The number of carbonyl (C=O) groups is 12. The Morgan fingerprint density at radius 2 is 0.699 bits per heavy atom. The van der Waals surface area contributed by atoms with Crippen LogP contribution in [0.15, 0.2) is 9.98 Å². The first-order chi connectivity index (χ1) is 33.9. The molecule has 31 nitrogen and oxygen atoms in total. The number of carboxylic acid groups (broad SMARTS) is 4. The molecular weight excluding hydrogens is 971 g/mol. The van der Waals surface area contributed by atoms with E-state index in [2.05, 4.69) is 52.5 Å². The van der Waals surface area contributed by atoms with Crippen LogP contribution in [-0.4, -0.2) is 171 Å². The lowest BCUT2D eigenvalue weighted by Gasteiger charge is -2.27. The molecule has 0 aliphatic heterocycles. The average Bonchev–Trinajstić information content (AvgIpc) is 3.28. The molecular formula is C42H73N15O16. The van der Waals surface area contributed by atoms with Crippen LogP contribution in [0.4, 0.5) is 0 Å². The van der Waals surface area contributed by atoms with E-state index in [-0.39, 0.29) is 69.5 Å². The Morgan fingerprint density at radius 1 is 0.397 bits per heavy atom. The van der Waals surface area contributed by atoms with E-state index in [0.717, 1.165) is 0 Å².